The summed E-state index contributed by atoms with van der Waals surface area (Å²) in [7, 11) is 0. The van der Waals surface area contributed by atoms with Crippen LogP contribution in [0.3, 0.4) is 0 Å². The number of benzene rings is 2. The molecule has 6 heteroatoms. The smallest absolute Gasteiger partial charge is 0.201 e. The van der Waals surface area contributed by atoms with Crippen LogP contribution >= 0.6 is 23.8 Å². The zero-order valence-corrected chi connectivity index (χ0v) is 19.2. The lowest BCUT2D eigenvalue weighted by Crippen LogP contribution is -2.48. The largest absolute Gasteiger partial charge is 0.353 e. The Hall–Kier alpha value is -2.37. The van der Waals surface area contributed by atoms with Crippen molar-refractivity contribution in [3.05, 3.63) is 77.3 Å². The minimum atomic E-state index is 0.0686. The van der Waals surface area contributed by atoms with Gasteiger partial charge in [0, 0.05) is 16.8 Å². The predicted molar refractivity (Wildman–Crippen MR) is 135 cm³/mol. The van der Waals surface area contributed by atoms with Crippen molar-refractivity contribution in [2.24, 2.45) is 4.99 Å². The fraction of sp³-hybridized carbons (Fsp3) is 0.360. The van der Waals surface area contributed by atoms with E-state index in [-0.39, 0.29) is 6.04 Å². The third kappa shape index (κ3) is 5.86. The van der Waals surface area contributed by atoms with Gasteiger partial charge in [0.15, 0.2) is 5.11 Å². The van der Waals surface area contributed by atoms with E-state index < -0.39 is 0 Å². The summed E-state index contributed by atoms with van der Waals surface area (Å²) in [5.74, 6) is 0.863. The van der Waals surface area contributed by atoms with E-state index in [0.717, 1.165) is 30.9 Å². The maximum atomic E-state index is 6.17. The van der Waals surface area contributed by atoms with Crippen LogP contribution < -0.4 is 10.6 Å². The maximum Gasteiger partial charge on any atom is 0.201 e. The van der Waals surface area contributed by atoms with Gasteiger partial charge in [0.05, 0.1) is 12.6 Å². The number of hydrogen-bond acceptors (Lipinski definition) is 3. The van der Waals surface area contributed by atoms with Gasteiger partial charge in [0.25, 0.3) is 0 Å². The van der Waals surface area contributed by atoms with Crippen molar-refractivity contribution in [3.8, 4) is 0 Å². The molecule has 2 unspecified atom stereocenters. The zero-order chi connectivity index (χ0) is 21.5. The molecule has 2 aromatic carbocycles. The van der Waals surface area contributed by atoms with Gasteiger partial charge in [-0.15, -0.1) is 0 Å². The molecule has 2 aliphatic rings. The Bertz CT molecular complexity index is 944. The SMILES string of the molecule is S=C(Nc1cccc(Cl)c1)N1C(NC2CC/C=C\CCCC2)=NCC1c1ccccc1. The number of rotatable bonds is 3. The lowest BCUT2D eigenvalue weighted by atomic mass is 10.1. The molecule has 0 saturated heterocycles. The Morgan fingerprint density at radius 3 is 2.68 bits per heavy atom. The highest BCUT2D eigenvalue weighted by Crippen LogP contribution is 2.28. The van der Waals surface area contributed by atoms with E-state index in [2.05, 4.69) is 52.0 Å². The summed E-state index contributed by atoms with van der Waals surface area (Å²) in [4.78, 5) is 7.02. The summed E-state index contributed by atoms with van der Waals surface area (Å²) in [6.45, 7) is 0.677. The normalized spacial score (nSPS) is 22.6. The van der Waals surface area contributed by atoms with Gasteiger partial charge >= 0.3 is 0 Å². The molecule has 0 aromatic heterocycles. The third-order valence-corrected chi connectivity index (χ3v) is 6.32. The van der Waals surface area contributed by atoms with E-state index in [1.54, 1.807) is 0 Å². The molecular weight excluding hydrogens is 424 g/mol. The van der Waals surface area contributed by atoms with Crippen LogP contribution in [0.25, 0.3) is 0 Å². The van der Waals surface area contributed by atoms with E-state index in [1.165, 1.54) is 24.8 Å². The van der Waals surface area contributed by atoms with E-state index in [9.17, 15) is 0 Å². The Morgan fingerprint density at radius 1 is 1.00 bits per heavy atom. The molecular formula is C25H29ClN4S. The minimum Gasteiger partial charge on any atom is -0.353 e. The second-order valence-electron chi connectivity index (χ2n) is 8.08. The molecule has 4 rings (SSSR count). The summed E-state index contributed by atoms with van der Waals surface area (Å²) in [6, 6.07) is 18.6. The highest BCUT2D eigenvalue weighted by Gasteiger charge is 2.33. The quantitative estimate of drug-likeness (QED) is 0.422. The molecule has 0 radical (unpaired) electrons. The fourth-order valence-corrected chi connectivity index (χ4v) is 4.69. The molecule has 1 aliphatic heterocycles. The van der Waals surface area contributed by atoms with Gasteiger partial charge in [-0.25, -0.2) is 0 Å². The maximum absolute atomic E-state index is 6.17. The predicted octanol–water partition coefficient (Wildman–Crippen LogP) is 6.32. The summed E-state index contributed by atoms with van der Waals surface area (Å²) >= 11 is 12.0. The molecule has 0 spiro atoms. The summed E-state index contributed by atoms with van der Waals surface area (Å²) in [5, 5.41) is 8.40. The summed E-state index contributed by atoms with van der Waals surface area (Å²) in [5.41, 5.74) is 2.08. The number of anilines is 1. The molecule has 162 valence electrons. The van der Waals surface area contributed by atoms with Gasteiger partial charge in [-0.2, -0.15) is 0 Å². The van der Waals surface area contributed by atoms with E-state index >= 15 is 0 Å². The highest BCUT2D eigenvalue weighted by molar-refractivity contribution is 7.80. The fourth-order valence-electron chi connectivity index (χ4n) is 4.17. The zero-order valence-electron chi connectivity index (χ0n) is 17.6. The topological polar surface area (TPSA) is 39.7 Å². The lowest BCUT2D eigenvalue weighted by Gasteiger charge is -2.31. The van der Waals surface area contributed by atoms with Crippen LogP contribution in [0.5, 0.6) is 0 Å². The number of nitrogens with zero attached hydrogens (tertiary/aromatic N) is 2. The van der Waals surface area contributed by atoms with Gasteiger partial charge in [-0.3, -0.25) is 9.89 Å². The molecule has 0 amide bonds. The molecule has 31 heavy (non-hydrogen) atoms. The molecule has 0 fully saturated rings. The van der Waals surface area contributed by atoms with Gasteiger partial charge in [-0.05, 0) is 68.1 Å². The van der Waals surface area contributed by atoms with Gasteiger partial charge in [0.2, 0.25) is 5.96 Å². The number of allylic oxidation sites excluding steroid dienone is 2. The van der Waals surface area contributed by atoms with Crippen molar-refractivity contribution >= 4 is 40.6 Å². The number of nitrogens with one attached hydrogen (secondary N) is 2. The van der Waals surface area contributed by atoms with Crippen molar-refractivity contribution in [1.29, 1.82) is 0 Å². The van der Waals surface area contributed by atoms with Crippen LogP contribution in [0.2, 0.25) is 5.02 Å². The first-order chi connectivity index (χ1) is 15.2. The molecule has 0 bridgehead atoms. The van der Waals surface area contributed by atoms with Crippen LogP contribution in [-0.2, 0) is 0 Å². The molecule has 2 N–H and O–H groups in total. The Balaban J connectivity index is 1.54. The summed E-state index contributed by atoms with van der Waals surface area (Å²) in [6.07, 6.45) is 11.6. The molecule has 4 nitrogen and oxygen atoms in total. The Labute approximate surface area is 195 Å². The van der Waals surface area contributed by atoms with Gasteiger partial charge in [-0.1, -0.05) is 66.6 Å². The van der Waals surface area contributed by atoms with Crippen molar-refractivity contribution in [2.75, 3.05) is 11.9 Å². The number of guanidine groups is 1. The number of hydrogen-bond donors (Lipinski definition) is 2. The Morgan fingerprint density at radius 2 is 1.84 bits per heavy atom. The van der Waals surface area contributed by atoms with Crippen molar-refractivity contribution in [3.63, 3.8) is 0 Å². The third-order valence-electron chi connectivity index (χ3n) is 5.79. The van der Waals surface area contributed by atoms with E-state index in [4.69, 9.17) is 28.8 Å². The van der Waals surface area contributed by atoms with E-state index in [1.807, 2.05) is 30.3 Å². The Kier molecular flexibility index (Phi) is 7.60. The van der Waals surface area contributed by atoms with Crippen LogP contribution in [0.4, 0.5) is 5.69 Å². The average Bonchev–Trinajstić information content (AvgIpc) is 3.24. The van der Waals surface area contributed by atoms with Crippen LogP contribution in [0.15, 0.2) is 71.7 Å². The first-order valence-electron chi connectivity index (χ1n) is 11.1. The van der Waals surface area contributed by atoms with Crippen molar-refractivity contribution in [2.45, 2.75) is 50.6 Å². The first kappa shape index (κ1) is 21.8. The monoisotopic (exact) mass is 452 g/mol. The number of halogens is 1. The van der Waals surface area contributed by atoms with Gasteiger partial charge in [0.1, 0.15) is 0 Å². The molecule has 0 saturated carbocycles. The second-order valence-corrected chi connectivity index (χ2v) is 8.90. The number of aliphatic imine (C=N–C) groups is 1. The van der Waals surface area contributed by atoms with E-state index in [0.29, 0.717) is 22.7 Å². The molecule has 1 heterocycles. The van der Waals surface area contributed by atoms with Gasteiger partial charge < -0.3 is 10.6 Å². The van der Waals surface area contributed by atoms with Crippen molar-refractivity contribution in [1.82, 2.24) is 10.2 Å². The average molecular weight is 453 g/mol. The molecule has 2 atom stereocenters. The first-order valence-corrected chi connectivity index (χ1v) is 11.9. The lowest BCUT2D eigenvalue weighted by molar-refractivity contribution is 0.453. The highest BCUT2D eigenvalue weighted by atomic mass is 35.5. The minimum absolute atomic E-state index is 0.0686. The van der Waals surface area contributed by atoms with Crippen LogP contribution in [0, 0.1) is 0 Å². The van der Waals surface area contributed by atoms with Crippen molar-refractivity contribution < 1.29 is 0 Å². The molecule has 1 aliphatic carbocycles. The second kappa shape index (κ2) is 10.8. The van der Waals surface area contributed by atoms with Crippen LogP contribution in [-0.4, -0.2) is 28.6 Å². The van der Waals surface area contributed by atoms with Crippen LogP contribution in [0.1, 0.15) is 50.1 Å². The molecule has 2 aromatic rings. The standard InChI is InChI=1S/C25H29ClN4S/c26-20-13-10-16-22(17-20)29-25(31)30-23(19-11-6-5-7-12-19)18-27-24(30)28-21-14-8-3-1-2-4-9-15-21/h1,3,5-7,10-13,16-17,21,23H,2,4,8-9,14-15,18H2,(H,27,28)(H,29,31)/b3-1-. The number of thiocarbonyl (C=S) groups is 1. The summed E-state index contributed by atoms with van der Waals surface area (Å²) < 4.78 is 0.